The zero-order valence-corrected chi connectivity index (χ0v) is 19.5. The Bertz CT molecular complexity index is 1410. The lowest BCUT2D eigenvalue weighted by atomic mass is 10.1. The maximum Gasteiger partial charge on any atom is 0.219 e. The van der Waals surface area contributed by atoms with Crippen molar-refractivity contribution in [3.63, 3.8) is 0 Å². The second-order valence-corrected chi connectivity index (χ2v) is 8.91. The Labute approximate surface area is 200 Å². The number of nitrogens with zero attached hydrogens (tertiary/aromatic N) is 4. The number of aromatic hydroxyl groups is 1. The lowest BCUT2D eigenvalue weighted by Gasteiger charge is -2.10. The van der Waals surface area contributed by atoms with Crippen LogP contribution in [0.15, 0.2) is 91.1 Å². The highest BCUT2D eigenvalue weighted by molar-refractivity contribution is 5.63. The van der Waals surface area contributed by atoms with E-state index in [0.717, 1.165) is 34.6 Å². The van der Waals surface area contributed by atoms with E-state index in [2.05, 4.69) is 55.4 Å². The first-order chi connectivity index (χ1) is 16.6. The first-order valence-corrected chi connectivity index (χ1v) is 11.5. The molecule has 0 atom stereocenters. The summed E-state index contributed by atoms with van der Waals surface area (Å²) in [7, 11) is 4.12. The number of aromatic nitrogens is 3. The standard InChI is InChI=1S/C29H28N4O/c1-32(2)19-23-13-9-12-22(16-23)18-26-29(34)33-20-27(24-14-7-4-8-15-24)30-25(28(33)31-26)17-21-10-5-3-6-11-21/h3-16,20,34H,17-19H2,1-2H3. The quantitative estimate of drug-likeness (QED) is 0.365. The van der Waals surface area contributed by atoms with Crippen LogP contribution in [0.2, 0.25) is 0 Å². The third-order valence-electron chi connectivity index (χ3n) is 5.87. The molecule has 0 aliphatic heterocycles. The van der Waals surface area contributed by atoms with E-state index in [9.17, 15) is 5.11 Å². The highest BCUT2D eigenvalue weighted by Crippen LogP contribution is 2.28. The average molecular weight is 449 g/mol. The Morgan fingerprint density at radius 2 is 1.38 bits per heavy atom. The molecule has 0 fully saturated rings. The number of hydrogen-bond donors (Lipinski definition) is 1. The topological polar surface area (TPSA) is 53.7 Å². The second-order valence-electron chi connectivity index (χ2n) is 8.91. The molecule has 0 bridgehead atoms. The van der Waals surface area contributed by atoms with Crippen LogP contribution in [0.25, 0.3) is 16.9 Å². The summed E-state index contributed by atoms with van der Waals surface area (Å²) in [5, 5.41) is 11.2. The van der Waals surface area contributed by atoms with Gasteiger partial charge in [0.25, 0.3) is 0 Å². The van der Waals surface area contributed by atoms with E-state index in [1.165, 1.54) is 5.56 Å². The maximum atomic E-state index is 11.2. The fourth-order valence-corrected chi connectivity index (χ4v) is 4.31. The van der Waals surface area contributed by atoms with Crippen LogP contribution in [0.5, 0.6) is 5.88 Å². The molecule has 0 amide bonds. The number of rotatable bonds is 7. The van der Waals surface area contributed by atoms with Crippen molar-refractivity contribution in [2.24, 2.45) is 0 Å². The van der Waals surface area contributed by atoms with Crippen LogP contribution in [-0.4, -0.2) is 38.5 Å². The average Bonchev–Trinajstić information content (AvgIpc) is 3.15. The molecule has 0 saturated carbocycles. The Kier molecular flexibility index (Phi) is 6.11. The van der Waals surface area contributed by atoms with Gasteiger partial charge >= 0.3 is 0 Å². The highest BCUT2D eigenvalue weighted by atomic mass is 16.3. The Morgan fingerprint density at radius 1 is 0.735 bits per heavy atom. The molecule has 1 N–H and O–H groups in total. The molecular weight excluding hydrogens is 420 g/mol. The van der Waals surface area contributed by atoms with Crippen LogP contribution < -0.4 is 0 Å². The maximum absolute atomic E-state index is 11.2. The zero-order valence-electron chi connectivity index (χ0n) is 19.5. The minimum atomic E-state index is 0.168. The van der Waals surface area contributed by atoms with E-state index < -0.39 is 0 Å². The minimum absolute atomic E-state index is 0.168. The van der Waals surface area contributed by atoms with Crippen molar-refractivity contribution in [3.05, 3.63) is 119 Å². The van der Waals surface area contributed by atoms with Crippen molar-refractivity contribution in [2.45, 2.75) is 19.4 Å². The molecule has 3 aromatic carbocycles. The van der Waals surface area contributed by atoms with Crippen molar-refractivity contribution < 1.29 is 5.11 Å². The summed E-state index contributed by atoms with van der Waals surface area (Å²) >= 11 is 0. The van der Waals surface area contributed by atoms with E-state index in [1.807, 2.05) is 54.7 Å². The second kappa shape index (κ2) is 9.49. The lowest BCUT2D eigenvalue weighted by Crippen LogP contribution is -2.10. The van der Waals surface area contributed by atoms with Gasteiger partial charge in [-0.2, -0.15) is 0 Å². The van der Waals surface area contributed by atoms with Gasteiger partial charge in [0, 0.05) is 31.1 Å². The summed E-state index contributed by atoms with van der Waals surface area (Å²) in [6.07, 6.45) is 3.08. The molecule has 5 aromatic rings. The Balaban J connectivity index is 1.58. The van der Waals surface area contributed by atoms with Crippen LogP contribution >= 0.6 is 0 Å². The zero-order chi connectivity index (χ0) is 23.5. The van der Waals surface area contributed by atoms with Crippen LogP contribution in [0.4, 0.5) is 0 Å². The monoisotopic (exact) mass is 448 g/mol. The predicted molar refractivity (Wildman–Crippen MR) is 136 cm³/mol. The lowest BCUT2D eigenvalue weighted by molar-refractivity contribution is 0.402. The third kappa shape index (κ3) is 4.70. The molecule has 34 heavy (non-hydrogen) atoms. The number of imidazole rings is 1. The summed E-state index contributed by atoms with van der Waals surface area (Å²) < 4.78 is 1.78. The molecule has 0 aliphatic carbocycles. The largest absolute Gasteiger partial charge is 0.493 e. The molecule has 0 saturated heterocycles. The van der Waals surface area contributed by atoms with Crippen molar-refractivity contribution >= 4 is 5.65 Å². The van der Waals surface area contributed by atoms with Crippen LogP contribution in [0.3, 0.4) is 0 Å². The van der Waals surface area contributed by atoms with Gasteiger partial charge in [-0.25, -0.2) is 9.97 Å². The third-order valence-corrected chi connectivity index (χ3v) is 5.87. The Morgan fingerprint density at radius 3 is 2.12 bits per heavy atom. The fourth-order valence-electron chi connectivity index (χ4n) is 4.31. The van der Waals surface area contributed by atoms with Gasteiger partial charge in [-0.05, 0) is 30.8 Å². The highest BCUT2D eigenvalue weighted by Gasteiger charge is 2.18. The van der Waals surface area contributed by atoms with Crippen LogP contribution in [0.1, 0.15) is 28.1 Å². The molecule has 5 heteroatoms. The van der Waals surface area contributed by atoms with Gasteiger partial charge in [0.2, 0.25) is 5.88 Å². The molecule has 5 nitrogen and oxygen atoms in total. The van der Waals surface area contributed by atoms with Crippen molar-refractivity contribution in [1.82, 2.24) is 19.3 Å². The van der Waals surface area contributed by atoms with Gasteiger partial charge in [0.05, 0.1) is 11.4 Å². The van der Waals surface area contributed by atoms with Gasteiger partial charge in [-0.1, -0.05) is 84.9 Å². The first kappa shape index (κ1) is 21.9. The van der Waals surface area contributed by atoms with E-state index >= 15 is 0 Å². The molecule has 0 unspecified atom stereocenters. The molecule has 0 aliphatic rings. The van der Waals surface area contributed by atoms with E-state index in [-0.39, 0.29) is 5.88 Å². The summed E-state index contributed by atoms with van der Waals surface area (Å²) in [5.41, 5.74) is 7.53. The fraction of sp³-hybridized carbons (Fsp3) is 0.172. The molecule has 0 spiro atoms. The molecule has 5 rings (SSSR count). The summed E-state index contributed by atoms with van der Waals surface area (Å²) in [4.78, 5) is 12.0. The van der Waals surface area contributed by atoms with Gasteiger partial charge in [0.1, 0.15) is 5.69 Å². The van der Waals surface area contributed by atoms with E-state index in [4.69, 9.17) is 9.97 Å². The molecule has 0 radical (unpaired) electrons. The van der Waals surface area contributed by atoms with Crippen LogP contribution in [-0.2, 0) is 19.4 Å². The molecule has 2 heterocycles. The number of hydrogen-bond acceptors (Lipinski definition) is 4. The Hall–Kier alpha value is -3.96. The van der Waals surface area contributed by atoms with Crippen molar-refractivity contribution in [1.29, 1.82) is 0 Å². The SMILES string of the molecule is CN(C)Cc1cccc(Cc2nc3c(Cc4ccccc4)nc(-c4ccccc4)cn3c2O)c1. The van der Waals surface area contributed by atoms with Gasteiger partial charge in [-0.15, -0.1) is 0 Å². The van der Waals surface area contributed by atoms with Crippen LogP contribution in [0, 0.1) is 0 Å². The number of fused-ring (bicyclic) bond motifs is 1. The summed E-state index contributed by atoms with van der Waals surface area (Å²) in [6, 6.07) is 28.8. The number of benzene rings is 3. The normalized spacial score (nSPS) is 11.4. The van der Waals surface area contributed by atoms with Gasteiger partial charge < -0.3 is 10.0 Å². The van der Waals surface area contributed by atoms with Gasteiger partial charge in [-0.3, -0.25) is 4.40 Å². The summed E-state index contributed by atoms with van der Waals surface area (Å²) in [6.45, 7) is 0.872. The molecular formula is C29H28N4O. The van der Waals surface area contributed by atoms with Crippen molar-refractivity contribution in [2.75, 3.05) is 14.1 Å². The van der Waals surface area contributed by atoms with Crippen molar-refractivity contribution in [3.8, 4) is 17.1 Å². The minimum Gasteiger partial charge on any atom is -0.493 e. The van der Waals surface area contributed by atoms with Gasteiger partial charge in [0.15, 0.2) is 5.65 Å². The molecule has 170 valence electrons. The van der Waals surface area contributed by atoms with E-state index in [0.29, 0.717) is 24.2 Å². The van der Waals surface area contributed by atoms with E-state index in [1.54, 1.807) is 4.40 Å². The smallest absolute Gasteiger partial charge is 0.219 e. The summed E-state index contributed by atoms with van der Waals surface area (Å²) in [5.74, 6) is 0.168. The first-order valence-electron chi connectivity index (χ1n) is 11.5. The predicted octanol–water partition coefficient (Wildman–Crippen LogP) is 5.35. The molecule has 2 aromatic heterocycles.